The van der Waals surface area contributed by atoms with Crippen molar-refractivity contribution in [2.24, 2.45) is 0 Å². The van der Waals surface area contributed by atoms with Gasteiger partial charge < -0.3 is 0 Å². The number of aryl methyl sites for hydroxylation is 1. The third-order valence-corrected chi connectivity index (χ3v) is 2.30. The SMILES string of the molecule is CCc1cccc(C(C)C)c1C#N. The zero-order chi connectivity index (χ0) is 9.84. The van der Waals surface area contributed by atoms with Crippen LogP contribution in [0.15, 0.2) is 18.2 Å². The molecule has 1 nitrogen and oxygen atoms in total. The van der Waals surface area contributed by atoms with Crippen molar-refractivity contribution in [2.45, 2.75) is 33.1 Å². The molecule has 0 aliphatic carbocycles. The molecule has 1 rings (SSSR count). The van der Waals surface area contributed by atoms with Crippen molar-refractivity contribution in [3.05, 3.63) is 34.9 Å². The van der Waals surface area contributed by atoms with E-state index in [0.717, 1.165) is 17.5 Å². The van der Waals surface area contributed by atoms with Gasteiger partial charge in [0.1, 0.15) is 0 Å². The predicted octanol–water partition coefficient (Wildman–Crippen LogP) is 3.24. The lowest BCUT2D eigenvalue weighted by Gasteiger charge is -2.10. The molecular formula is C12H15N. The fourth-order valence-electron chi connectivity index (χ4n) is 1.53. The third-order valence-electron chi connectivity index (χ3n) is 2.30. The Morgan fingerprint density at radius 2 is 2.08 bits per heavy atom. The number of rotatable bonds is 2. The molecule has 0 amide bonds. The Hall–Kier alpha value is -1.29. The molecule has 0 aliphatic rings. The Labute approximate surface area is 80.0 Å². The maximum Gasteiger partial charge on any atom is 0.0997 e. The van der Waals surface area contributed by atoms with Crippen molar-refractivity contribution in [1.82, 2.24) is 0 Å². The summed E-state index contributed by atoms with van der Waals surface area (Å²) < 4.78 is 0. The number of benzene rings is 1. The monoisotopic (exact) mass is 173 g/mol. The molecule has 68 valence electrons. The smallest absolute Gasteiger partial charge is 0.0997 e. The lowest BCUT2D eigenvalue weighted by Crippen LogP contribution is -1.97. The van der Waals surface area contributed by atoms with Gasteiger partial charge in [-0.15, -0.1) is 0 Å². The van der Waals surface area contributed by atoms with E-state index >= 15 is 0 Å². The minimum Gasteiger partial charge on any atom is -0.192 e. The zero-order valence-corrected chi connectivity index (χ0v) is 8.46. The van der Waals surface area contributed by atoms with Crippen LogP contribution in [0.5, 0.6) is 0 Å². The lowest BCUT2D eigenvalue weighted by molar-refractivity contribution is 0.857. The molecule has 0 heterocycles. The van der Waals surface area contributed by atoms with Crippen LogP contribution in [0.2, 0.25) is 0 Å². The van der Waals surface area contributed by atoms with E-state index in [4.69, 9.17) is 5.26 Å². The second-order valence-corrected chi connectivity index (χ2v) is 3.50. The Bertz CT molecular complexity index is 331. The van der Waals surface area contributed by atoms with Crippen LogP contribution in [0.4, 0.5) is 0 Å². The van der Waals surface area contributed by atoms with E-state index in [0.29, 0.717) is 5.92 Å². The first-order valence-electron chi connectivity index (χ1n) is 4.72. The maximum atomic E-state index is 9.03. The summed E-state index contributed by atoms with van der Waals surface area (Å²) in [6, 6.07) is 8.41. The van der Waals surface area contributed by atoms with Crippen LogP contribution in [-0.2, 0) is 6.42 Å². The predicted molar refractivity (Wildman–Crippen MR) is 54.6 cm³/mol. The number of nitriles is 1. The largest absolute Gasteiger partial charge is 0.192 e. The summed E-state index contributed by atoms with van der Waals surface area (Å²) in [5.74, 6) is 0.432. The summed E-state index contributed by atoms with van der Waals surface area (Å²) in [6.45, 7) is 6.32. The molecule has 0 saturated carbocycles. The quantitative estimate of drug-likeness (QED) is 0.673. The molecule has 0 bridgehead atoms. The second kappa shape index (κ2) is 4.09. The Morgan fingerprint density at radius 1 is 1.38 bits per heavy atom. The highest BCUT2D eigenvalue weighted by Gasteiger charge is 2.08. The lowest BCUT2D eigenvalue weighted by atomic mass is 9.93. The van der Waals surface area contributed by atoms with Crippen LogP contribution in [0.1, 0.15) is 43.4 Å². The Morgan fingerprint density at radius 3 is 2.54 bits per heavy atom. The summed E-state index contributed by atoms with van der Waals surface area (Å²) in [7, 11) is 0. The van der Waals surface area contributed by atoms with E-state index in [1.165, 1.54) is 5.56 Å². The maximum absolute atomic E-state index is 9.03. The Kier molecular flexibility index (Phi) is 3.08. The molecule has 1 aromatic rings. The zero-order valence-electron chi connectivity index (χ0n) is 8.46. The Balaban J connectivity index is 3.29. The molecule has 0 spiro atoms. The first kappa shape index (κ1) is 9.80. The van der Waals surface area contributed by atoms with Crippen LogP contribution in [0.3, 0.4) is 0 Å². The summed E-state index contributed by atoms with van der Waals surface area (Å²) in [5.41, 5.74) is 3.20. The van der Waals surface area contributed by atoms with Crippen molar-refractivity contribution in [1.29, 1.82) is 5.26 Å². The molecule has 1 aromatic carbocycles. The number of nitrogens with zero attached hydrogens (tertiary/aromatic N) is 1. The van der Waals surface area contributed by atoms with Gasteiger partial charge in [-0.25, -0.2) is 0 Å². The molecule has 0 aliphatic heterocycles. The molecule has 0 atom stereocenters. The van der Waals surface area contributed by atoms with Gasteiger partial charge in [-0.1, -0.05) is 39.0 Å². The van der Waals surface area contributed by atoms with Crippen LogP contribution in [0, 0.1) is 11.3 Å². The molecule has 1 heteroatoms. The fourth-order valence-corrected chi connectivity index (χ4v) is 1.53. The summed E-state index contributed by atoms with van der Waals surface area (Å²) in [5, 5.41) is 9.03. The van der Waals surface area contributed by atoms with Gasteiger partial charge in [0.2, 0.25) is 0 Å². The summed E-state index contributed by atoms with van der Waals surface area (Å²) >= 11 is 0. The highest BCUT2D eigenvalue weighted by molar-refractivity contribution is 5.45. The van der Waals surface area contributed by atoms with Gasteiger partial charge in [0, 0.05) is 0 Å². The van der Waals surface area contributed by atoms with Crippen LogP contribution in [0.25, 0.3) is 0 Å². The van der Waals surface area contributed by atoms with Crippen LogP contribution in [-0.4, -0.2) is 0 Å². The van der Waals surface area contributed by atoms with Crippen molar-refractivity contribution in [3.63, 3.8) is 0 Å². The van der Waals surface area contributed by atoms with E-state index in [1.54, 1.807) is 0 Å². The molecule has 0 N–H and O–H groups in total. The molecule has 0 saturated heterocycles. The molecule has 0 aromatic heterocycles. The minimum absolute atomic E-state index is 0.432. The topological polar surface area (TPSA) is 23.8 Å². The highest BCUT2D eigenvalue weighted by atomic mass is 14.3. The van der Waals surface area contributed by atoms with E-state index in [1.807, 2.05) is 18.2 Å². The first-order valence-corrected chi connectivity index (χ1v) is 4.72. The van der Waals surface area contributed by atoms with Crippen LogP contribution >= 0.6 is 0 Å². The van der Waals surface area contributed by atoms with Gasteiger partial charge in [-0.2, -0.15) is 5.26 Å². The molecule has 0 fully saturated rings. The average molecular weight is 173 g/mol. The number of hydrogen-bond donors (Lipinski definition) is 0. The van der Waals surface area contributed by atoms with Gasteiger partial charge in [0.15, 0.2) is 0 Å². The summed E-state index contributed by atoms with van der Waals surface area (Å²) in [6.07, 6.45) is 0.934. The second-order valence-electron chi connectivity index (χ2n) is 3.50. The van der Waals surface area contributed by atoms with Gasteiger partial charge in [-0.3, -0.25) is 0 Å². The third kappa shape index (κ3) is 1.89. The van der Waals surface area contributed by atoms with Crippen molar-refractivity contribution in [3.8, 4) is 6.07 Å². The summed E-state index contributed by atoms with van der Waals surface area (Å²) in [4.78, 5) is 0. The average Bonchev–Trinajstić information content (AvgIpc) is 2.16. The first-order chi connectivity index (χ1) is 6.20. The normalized spacial score (nSPS) is 10.1. The van der Waals surface area contributed by atoms with E-state index in [9.17, 15) is 0 Å². The van der Waals surface area contributed by atoms with Crippen molar-refractivity contribution in [2.75, 3.05) is 0 Å². The van der Waals surface area contributed by atoms with Gasteiger partial charge in [-0.05, 0) is 23.5 Å². The van der Waals surface area contributed by atoms with Crippen molar-refractivity contribution < 1.29 is 0 Å². The van der Waals surface area contributed by atoms with E-state index < -0.39 is 0 Å². The van der Waals surface area contributed by atoms with Gasteiger partial charge >= 0.3 is 0 Å². The fraction of sp³-hybridized carbons (Fsp3) is 0.417. The highest BCUT2D eigenvalue weighted by Crippen LogP contribution is 2.22. The molecular weight excluding hydrogens is 158 g/mol. The van der Waals surface area contributed by atoms with Crippen LogP contribution < -0.4 is 0 Å². The van der Waals surface area contributed by atoms with E-state index in [-0.39, 0.29) is 0 Å². The van der Waals surface area contributed by atoms with Crippen molar-refractivity contribution >= 4 is 0 Å². The van der Waals surface area contributed by atoms with Gasteiger partial charge in [0.05, 0.1) is 11.6 Å². The standard InChI is InChI=1S/C12H15N/c1-4-10-6-5-7-11(9(2)3)12(10)8-13/h5-7,9H,4H2,1-3H3. The molecule has 13 heavy (non-hydrogen) atoms. The molecule has 0 radical (unpaired) electrons. The minimum atomic E-state index is 0.432. The van der Waals surface area contributed by atoms with E-state index in [2.05, 4.69) is 26.8 Å². The van der Waals surface area contributed by atoms with Gasteiger partial charge in [0.25, 0.3) is 0 Å². The number of hydrogen-bond acceptors (Lipinski definition) is 1. The molecule has 0 unspecified atom stereocenters.